The number of benzene rings is 5. The number of rotatable bonds is 10. The molecule has 1 radical (unpaired) electrons. The van der Waals surface area contributed by atoms with Crippen LogP contribution in [0.3, 0.4) is 0 Å². The van der Waals surface area contributed by atoms with E-state index in [4.69, 9.17) is 39.9 Å². The van der Waals surface area contributed by atoms with Crippen LogP contribution in [-0.4, -0.2) is 106 Å². The molecule has 25 heteroatoms. The number of hydrogen-bond acceptors (Lipinski definition) is 16. The Morgan fingerprint density at radius 3 is 1.29 bits per heavy atom. The zero-order valence-corrected chi connectivity index (χ0v) is 43.9. The molecule has 11 rings (SSSR count). The number of nitrogens with zero attached hydrogens (tertiary/aromatic N) is 12. The van der Waals surface area contributed by atoms with Crippen LogP contribution in [0, 0.1) is 0 Å². The van der Waals surface area contributed by atoms with Gasteiger partial charge in [0.25, 0.3) is 20.2 Å². The third-order valence-corrected chi connectivity index (χ3v) is 13.9. The molecule has 0 amide bonds. The predicted molar refractivity (Wildman–Crippen MR) is 280 cm³/mol. The third-order valence-electron chi connectivity index (χ3n) is 11.3. The largest absolute Gasteiger partial charge is 2.00 e. The van der Waals surface area contributed by atoms with E-state index >= 15 is 0 Å². The van der Waals surface area contributed by atoms with Gasteiger partial charge in [0.05, 0.1) is 39.3 Å². The zero-order valence-electron chi connectivity index (χ0n) is 40.5. The summed E-state index contributed by atoms with van der Waals surface area (Å²) in [6.07, 6.45) is 1.38. The number of aryl methyl sites for hydroxylation is 1. The first-order chi connectivity index (χ1) is 35.4. The Balaban J connectivity index is 0.000000196. The van der Waals surface area contributed by atoms with Gasteiger partial charge in [-0.25, -0.2) is 28.1 Å². The Morgan fingerprint density at radius 1 is 0.520 bits per heavy atom. The van der Waals surface area contributed by atoms with Crippen molar-refractivity contribution >= 4 is 80.3 Å². The Bertz CT molecular complexity index is 3880. The maximum atomic E-state index is 11.7. The van der Waals surface area contributed by atoms with Gasteiger partial charge in [-0.1, -0.05) is 111 Å². The van der Waals surface area contributed by atoms with Crippen molar-refractivity contribution in [2.45, 2.75) is 42.9 Å². The smallest absolute Gasteiger partial charge is 0.357 e. The van der Waals surface area contributed by atoms with E-state index in [9.17, 15) is 34.4 Å². The van der Waals surface area contributed by atoms with Crippen molar-refractivity contribution in [2.24, 2.45) is 0 Å². The third kappa shape index (κ3) is 11.7. The minimum absolute atomic E-state index is 0. The second-order valence-electron chi connectivity index (χ2n) is 16.7. The summed E-state index contributed by atoms with van der Waals surface area (Å²) in [4.78, 5) is 52.4. The molecule has 0 unspecified atom stereocenters. The molecular weight excluding hydrogens is 1070 g/mol. The monoisotopic (exact) mass is 1110 g/mol. The molecule has 2 aliphatic rings. The molecule has 0 fully saturated rings. The van der Waals surface area contributed by atoms with Crippen molar-refractivity contribution < 1.29 is 51.4 Å². The number of anilines is 1. The Hall–Kier alpha value is -7.48. The van der Waals surface area contributed by atoms with Gasteiger partial charge in [-0.05, 0) is 51.7 Å². The fraction of sp³-hybridized carbons (Fsp3) is 0.180. The zero-order chi connectivity index (χ0) is 52.5. The molecule has 0 atom stereocenters. The quantitative estimate of drug-likeness (QED) is 0.0733. The molecule has 75 heavy (non-hydrogen) atoms. The van der Waals surface area contributed by atoms with Crippen molar-refractivity contribution in [3.63, 3.8) is 0 Å². The van der Waals surface area contributed by atoms with Crippen molar-refractivity contribution in [3.8, 4) is 45.6 Å². The molecule has 21 nitrogen and oxygen atoms in total. The van der Waals surface area contributed by atoms with E-state index in [1.54, 1.807) is 19.0 Å². The predicted octanol–water partition coefficient (Wildman–Crippen LogP) is 6.65. The second-order valence-corrected chi connectivity index (χ2v) is 21.3. The minimum atomic E-state index is -4.71. The maximum Gasteiger partial charge on any atom is 2.00 e. The van der Waals surface area contributed by atoms with Gasteiger partial charge >= 0.3 is 17.1 Å². The average Bonchev–Trinajstić information content (AvgIpc) is 4.11. The summed E-state index contributed by atoms with van der Waals surface area (Å²) in [5.41, 5.74) is 5.63. The summed E-state index contributed by atoms with van der Waals surface area (Å²) in [7, 11) is -9.36. The first-order valence-electron chi connectivity index (χ1n) is 22.9. The first kappa shape index (κ1) is 53.8. The molecule has 6 heterocycles. The molecule has 9 aromatic rings. The number of hydrogen-bond donors (Lipinski definition) is 3. The van der Waals surface area contributed by atoms with E-state index < -0.39 is 40.1 Å². The molecule has 0 saturated heterocycles. The standard InChI is InChI=1S/C32H16N8.C16H23N5O8S3.C2H6.Cu/c1-2-10-18-17(9-1)25-33-26(18)38-28-21-13-5-6-14-22(21)30(35-28)40-32-24-16-8-7-15-23(24)31(36-32)39-29-20-12-4-3-11-19(20)27(34-29)37-25;1-21(2)16-19-14(5-4-8-17-30(3,22)23)18-15(20-16)10-11-9-12(31(24,25)26)6-7-13(11)32(27,28)29;1-2;/h1-16H;6-7,9,17H,4-5,8,10H2,1-3H3,(H,24,25,26)(H,27,28,29);1-2H3;/q-2;;;+2. The van der Waals surface area contributed by atoms with Gasteiger partial charge in [0.2, 0.25) is 16.0 Å². The maximum absolute atomic E-state index is 11.7. The van der Waals surface area contributed by atoms with Crippen LogP contribution in [0.25, 0.3) is 89.7 Å². The molecule has 2 aliphatic heterocycles. The van der Waals surface area contributed by atoms with E-state index in [2.05, 4.69) is 19.7 Å². The van der Waals surface area contributed by atoms with Crippen LogP contribution >= 0.6 is 0 Å². The van der Waals surface area contributed by atoms with Gasteiger partial charge in [0, 0.05) is 78.3 Å². The number of fused-ring (bicyclic) bond motifs is 20. The van der Waals surface area contributed by atoms with Crippen LogP contribution in [0.5, 0.6) is 0 Å². The molecule has 3 N–H and O–H groups in total. The van der Waals surface area contributed by atoms with E-state index in [0.29, 0.717) is 58.1 Å². The Morgan fingerprint density at radius 2 is 0.920 bits per heavy atom. The Labute approximate surface area is 441 Å². The van der Waals surface area contributed by atoms with Crippen molar-refractivity contribution in [3.05, 3.63) is 132 Å². The van der Waals surface area contributed by atoms with Gasteiger partial charge in [-0.3, -0.25) is 9.11 Å². The fourth-order valence-electron chi connectivity index (χ4n) is 8.08. The SMILES string of the molecule is CC.CN(C)c1nc(CCCNS(C)(=O)=O)nc(Cc2cc(S(=O)(=O)O)ccc2S(=O)(=O)O)n1.[Cu+2].c1ccc2c(c1)-c1nc-2nc2[n-]c(nc3nc(nc4[n-]c(n1)c1ccccc41)-c1ccccc1-3)c1ccccc21. The van der Waals surface area contributed by atoms with Gasteiger partial charge in [0.15, 0.2) is 0 Å². The minimum Gasteiger partial charge on any atom is -0.357 e. The molecule has 8 bridgehead atoms. The van der Waals surface area contributed by atoms with Gasteiger partial charge in [-0.15, -0.1) is 0 Å². The summed E-state index contributed by atoms with van der Waals surface area (Å²) in [6, 6.07) is 34.4. The first-order valence-corrected chi connectivity index (χ1v) is 27.7. The molecule has 0 saturated carbocycles. The van der Waals surface area contributed by atoms with Gasteiger partial charge < -0.3 is 34.8 Å². The van der Waals surface area contributed by atoms with Crippen molar-refractivity contribution in [2.75, 3.05) is 31.8 Å². The van der Waals surface area contributed by atoms with Crippen LogP contribution in [-0.2, 0) is 60.2 Å². The molecule has 4 aromatic heterocycles. The van der Waals surface area contributed by atoms with E-state index in [1.807, 2.05) is 111 Å². The van der Waals surface area contributed by atoms with Crippen LogP contribution in [0.4, 0.5) is 5.95 Å². The van der Waals surface area contributed by atoms with Crippen LogP contribution in [0.15, 0.2) is 125 Å². The molecule has 0 spiro atoms. The summed E-state index contributed by atoms with van der Waals surface area (Å²) in [5, 5.41) is 3.57. The number of aromatic nitrogens is 11. The summed E-state index contributed by atoms with van der Waals surface area (Å²) in [5.74, 6) is 2.82. The summed E-state index contributed by atoms with van der Waals surface area (Å²) >= 11 is 0. The molecule has 387 valence electrons. The van der Waals surface area contributed by atoms with Crippen molar-refractivity contribution in [1.29, 1.82) is 0 Å². The normalized spacial score (nSPS) is 11.9. The van der Waals surface area contributed by atoms with Crippen LogP contribution < -0.4 is 19.6 Å². The second kappa shape index (κ2) is 21.8. The fourth-order valence-corrected chi connectivity index (χ4v) is 9.83. The topological polar surface area (TPSA) is 302 Å². The molecular formula is C50H45CuN13O8S3. The molecule has 5 aromatic carbocycles. The van der Waals surface area contributed by atoms with Gasteiger partial charge in [-0.2, -0.15) is 26.8 Å². The summed E-state index contributed by atoms with van der Waals surface area (Å²) < 4.78 is 89.8. The van der Waals surface area contributed by atoms with E-state index in [0.717, 1.165) is 68.3 Å². The van der Waals surface area contributed by atoms with Crippen molar-refractivity contribution in [1.82, 2.24) is 59.5 Å². The van der Waals surface area contributed by atoms with E-state index in [1.165, 1.54) is 0 Å². The number of nitrogens with one attached hydrogen (secondary N) is 1. The van der Waals surface area contributed by atoms with Gasteiger partial charge in [0.1, 0.15) is 11.6 Å². The average molecular weight is 1120 g/mol. The van der Waals surface area contributed by atoms with Crippen LogP contribution in [0.1, 0.15) is 37.5 Å². The number of sulfonamides is 1. The van der Waals surface area contributed by atoms with E-state index in [-0.39, 0.29) is 53.8 Å². The summed E-state index contributed by atoms with van der Waals surface area (Å²) in [6.45, 7) is 4.15. The van der Waals surface area contributed by atoms with Crippen LogP contribution in [0.2, 0.25) is 0 Å². The molecule has 0 aliphatic carbocycles. The Kier molecular flexibility index (Phi) is 15.6.